The number of benzene rings is 1. The molecule has 142 valence electrons. The summed E-state index contributed by atoms with van der Waals surface area (Å²) in [6.45, 7) is 2.17. The van der Waals surface area contributed by atoms with Crippen molar-refractivity contribution in [2.45, 2.75) is 18.9 Å². The van der Waals surface area contributed by atoms with E-state index in [1.807, 2.05) is 10.6 Å². The van der Waals surface area contributed by atoms with E-state index in [-0.39, 0.29) is 5.75 Å². The number of likely N-dealkylation sites (N-methyl/N-ethyl adjacent to an activating group) is 2. The van der Waals surface area contributed by atoms with Gasteiger partial charge in [-0.3, -0.25) is 9.30 Å². The van der Waals surface area contributed by atoms with Gasteiger partial charge in [-0.1, -0.05) is 5.10 Å². The largest absolute Gasteiger partial charge is 0.507 e. The van der Waals surface area contributed by atoms with E-state index in [2.05, 4.69) is 34.2 Å². The van der Waals surface area contributed by atoms with Crippen LogP contribution in [0, 0.1) is 0 Å². The maximum atomic E-state index is 10.4. The predicted octanol–water partition coefficient (Wildman–Crippen LogP) is 0.746. The highest BCUT2D eigenvalue weighted by molar-refractivity contribution is 5.69. The van der Waals surface area contributed by atoms with E-state index < -0.39 is 0 Å². The summed E-state index contributed by atoms with van der Waals surface area (Å²) in [6.07, 6.45) is 5.94. The van der Waals surface area contributed by atoms with Crippen molar-refractivity contribution >= 4 is 11.5 Å². The molecular weight excluding hydrogens is 344 g/mol. The summed E-state index contributed by atoms with van der Waals surface area (Å²) in [5.41, 5.74) is 1.36. The molecule has 1 fully saturated rings. The second-order valence-electron chi connectivity index (χ2n) is 7.16. The van der Waals surface area contributed by atoms with Gasteiger partial charge in [0.1, 0.15) is 17.5 Å². The number of likely N-dealkylation sites (tertiary alicyclic amines) is 1. The minimum absolute atomic E-state index is 0.0982. The summed E-state index contributed by atoms with van der Waals surface area (Å²) in [6, 6.07) is 5.61. The van der Waals surface area contributed by atoms with Crippen LogP contribution in [0.1, 0.15) is 12.8 Å². The molecule has 0 radical (unpaired) electrons. The fourth-order valence-electron chi connectivity index (χ4n) is 3.82. The number of nitrogens with one attached hydrogen (secondary N) is 1. The molecule has 8 nitrogen and oxygen atoms in total. The number of methoxy groups -OCH3 is 1. The Morgan fingerprint density at radius 1 is 1.30 bits per heavy atom. The number of hydrogen-bond acceptors (Lipinski definition) is 6. The van der Waals surface area contributed by atoms with Crippen molar-refractivity contribution in [2.24, 2.45) is 0 Å². The van der Waals surface area contributed by atoms with Gasteiger partial charge in [0, 0.05) is 24.9 Å². The molecular formula is C19H25N6O2+. The third-order valence-corrected chi connectivity index (χ3v) is 5.38. The molecule has 0 saturated carbocycles. The number of piperidine rings is 1. The van der Waals surface area contributed by atoms with Crippen LogP contribution in [0.4, 0.5) is 5.82 Å². The Hall–Kier alpha value is -2.71. The molecule has 1 aliphatic rings. The van der Waals surface area contributed by atoms with Gasteiger partial charge < -0.3 is 14.7 Å². The van der Waals surface area contributed by atoms with Gasteiger partial charge in [-0.2, -0.15) is 0 Å². The van der Waals surface area contributed by atoms with E-state index in [9.17, 15) is 5.11 Å². The summed E-state index contributed by atoms with van der Waals surface area (Å²) in [5.74, 6) is 2.08. The number of rotatable bonds is 4. The third kappa shape index (κ3) is 3.22. The number of fused-ring (bicyclic) bond motifs is 1. The lowest BCUT2D eigenvalue weighted by Crippen LogP contribution is -3.10. The first kappa shape index (κ1) is 17.7. The Labute approximate surface area is 158 Å². The zero-order chi connectivity index (χ0) is 19.0. The van der Waals surface area contributed by atoms with E-state index >= 15 is 0 Å². The van der Waals surface area contributed by atoms with Gasteiger partial charge in [0.05, 0.1) is 26.3 Å². The zero-order valence-corrected chi connectivity index (χ0v) is 15.9. The molecule has 27 heavy (non-hydrogen) atoms. The molecule has 1 aliphatic heterocycles. The number of imidazole rings is 1. The second-order valence-corrected chi connectivity index (χ2v) is 7.16. The Morgan fingerprint density at radius 2 is 2.15 bits per heavy atom. The lowest BCUT2D eigenvalue weighted by Gasteiger charge is -2.32. The van der Waals surface area contributed by atoms with Crippen molar-refractivity contribution in [2.75, 3.05) is 34.3 Å². The van der Waals surface area contributed by atoms with E-state index in [0.29, 0.717) is 23.2 Å². The lowest BCUT2D eigenvalue weighted by atomic mass is 10.1. The minimum Gasteiger partial charge on any atom is -0.507 e. The highest BCUT2D eigenvalue weighted by atomic mass is 16.5. The quantitative estimate of drug-likeness (QED) is 0.706. The van der Waals surface area contributed by atoms with Crippen LogP contribution in [0.25, 0.3) is 17.0 Å². The van der Waals surface area contributed by atoms with Gasteiger partial charge in [0.25, 0.3) is 5.82 Å². The summed E-state index contributed by atoms with van der Waals surface area (Å²) >= 11 is 0. The molecule has 0 spiro atoms. The van der Waals surface area contributed by atoms with Gasteiger partial charge in [-0.05, 0) is 32.1 Å². The minimum atomic E-state index is 0.0982. The molecule has 4 rings (SSSR count). The molecule has 8 heteroatoms. The molecule has 2 N–H and O–H groups in total. The van der Waals surface area contributed by atoms with Gasteiger partial charge in [-0.25, -0.2) is 4.98 Å². The van der Waals surface area contributed by atoms with Crippen LogP contribution in [0.15, 0.2) is 30.6 Å². The van der Waals surface area contributed by atoms with E-state index in [0.717, 1.165) is 31.0 Å². The maximum Gasteiger partial charge on any atom is 0.289 e. The molecule has 2 aromatic heterocycles. The Balaban J connectivity index is 1.75. The van der Waals surface area contributed by atoms with Crippen LogP contribution in [0.5, 0.6) is 11.5 Å². The highest BCUT2D eigenvalue weighted by Gasteiger charge is 2.29. The SMILES string of the molecule is COc1ccc(-c2nnc([NH+](C)C3CCCN(C)C3)c3nccn23)c(O)c1. The van der Waals surface area contributed by atoms with E-state index in [1.165, 1.54) is 11.3 Å². The second kappa shape index (κ2) is 7.13. The molecule has 1 aromatic carbocycles. The molecule has 2 atom stereocenters. The van der Waals surface area contributed by atoms with E-state index in [1.54, 1.807) is 31.5 Å². The number of quaternary nitrogens is 1. The van der Waals surface area contributed by atoms with Gasteiger partial charge in [0.2, 0.25) is 5.65 Å². The zero-order valence-electron chi connectivity index (χ0n) is 15.9. The number of nitrogens with zero attached hydrogens (tertiary/aromatic N) is 5. The standard InChI is InChI=1S/C19H24N6O2/c1-23-9-4-5-13(12-23)24(2)19-18-20-8-10-25(18)17(21-22-19)15-7-6-14(27-3)11-16(15)26/h6-8,10-11,13,26H,4-5,9,12H2,1-3H3/p+1. The predicted molar refractivity (Wildman–Crippen MR) is 102 cm³/mol. The molecule has 3 heterocycles. The number of ether oxygens (including phenoxy) is 1. The fourth-order valence-corrected chi connectivity index (χ4v) is 3.82. The van der Waals surface area contributed by atoms with Gasteiger partial charge >= 0.3 is 0 Å². The van der Waals surface area contributed by atoms with Crippen molar-refractivity contribution in [3.8, 4) is 22.9 Å². The first-order chi connectivity index (χ1) is 13.1. The normalized spacial score (nSPS) is 19.3. The average molecular weight is 369 g/mol. The average Bonchev–Trinajstić information content (AvgIpc) is 3.17. The van der Waals surface area contributed by atoms with Crippen molar-refractivity contribution < 1.29 is 14.7 Å². The van der Waals surface area contributed by atoms with Crippen LogP contribution >= 0.6 is 0 Å². The smallest absolute Gasteiger partial charge is 0.289 e. The van der Waals surface area contributed by atoms with Gasteiger partial charge in [-0.15, -0.1) is 5.10 Å². The van der Waals surface area contributed by atoms with Gasteiger partial charge in [0.15, 0.2) is 5.82 Å². The lowest BCUT2D eigenvalue weighted by molar-refractivity contribution is -0.842. The first-order valence-electron chi connectivity index (χ1n) is 9.18. The highest BCUT2D eigenvalue weighted by Crippen LogP contribution is 2.31. The number of hydrogen-bond donors (Lipinski definition) is 2. The van der Waals surface area contributed by atoms with Crippen LogP contribution in [0.3, 0.4) is 0 Å². The molecule has 0 bridgehead atoms. The number of aromatic hydroxyl groups is 1. The Morgan fingerprint density at radius 3 is 2.89 bits per heavy atom. The van der Waals surface area contributed by atoms with Crippen LogP contribution in [0.2, 0.25) is 0 Å². The maximum absolute atomic E-state index is 10.4. The number of aromatic nitrogens is 4. The van der Waals surface area contributed by atoms with Crippen LogP contribution < -0.4 is 9.64 Å². The van der Waals surface area contributed by atoms with E-state index in [4.69, 9.17) is 4.74 Å². The summed E-state index contributed by atoms with van der Waals surface area (Å²) in [5, 5.41) is 19.3. The number of phenolic OH excluding ortho intramolecular Hbond substituents is 1. The molecule has 0 aliphatic carbocycles. The van der Waals surface area contributed by atoms with Crippen molar-refractivity contribution in [1.82, 2.24) is 24.5 Å². The molecule has 3 aromatic rings. The van der Waals surface area contributed by atoms with Crippen LogP contribution in [-0.2, 0) is 0 Å². The summed E-state index contributed by atoms with van der Waals surface area (Å²) < 4.78 is 7.05. The van der Waals surface area contributed by atoms with Crippen molar-refractivity contribution in [3.63, 3.8) is 0 Å². The monoisotopic (exact) mass is 369 g/mol. The van der Waals surface area contributed by atoms with Crippen LogP contribution in [-0.4, -0.2) is 69.9 Å². The molecule has 1 saturated heterocycles. The molecule has 2 unspecified atom stereocenters. The first-order valence-corrected chi connectivity index (χ1v) is 9.18. The summed E-state index contributed by atoms with van der Waals surface area (Å²) in [4.78, 5) is 8.10. The van der Waals surface area contributed by atoms with Crippen molar-refractivity contribution in [1.29, 1.82) is 0 Å². The third-order valence-electron chi connectivity index (χ3n) is 5.38. The Kier molecular flexibility index (Phi) is 4.67. The number of phenols is 1. The van der Waals surface area contributed by atoms with Crippen molar-refractivity contribution in [3.05, 3.63) is 30.6 Å². The Bertz CT molecular complexity index is 957. The summed E-state index contributed by atoms with van der Waals surface area (Å²) in [7, 11) is 5.86. The topological polar surface area (TPSA) is 80.2 Å². The fraction of sp³-hybridized carbons (Fsp3) is 0.421. The molecule has 0 amide bonds.